The molecule has 0 aliphatic heterocycles. The van der Waals surface area contributed by atoms with Crippen molar-refractivity contribution in [2.75, 3.05) is 6.54 Å². The number of rotatable bonds is 5. The van der Waals surface area contributed by atoms with Crippen molar-refractivity contribution in [3.05, 3.63) is 65.0 Å². The summed E-state index contributed by atoms with van der Waals surface area (Å²) >= 11 is 0. The highest BCUT2D eigenvalue weighted by molar-refractivity contribution is 5.41. The normalized spacial score (nSPS) is 16.5. The van der Waals surface area contributed by atoms with Crippen LogP contribution in [-0.2, 0) is 0 Å². The topological polar surface area (TPSA) is 24.9 Å². The minimum absolute atomic E-state index is 0.250. The first kappa shape index (κ1) is 14.3. The number of benzene rings is 1. The molecule has 1 aromatic carbocycles. The van der Waals surface area contributed by atoms with Gasteiger partial charge in [0.25, 0.3) is 0 Å². The summed E-state index contributed by atoms with van der Waals surface area (Å²) < 4.78 is 0. The summed E-state index contributed by atoms with van der Waals surface area (Å²) in [6.45, 7) is 5.23. The SMILES string of the molecule is CCNC(c1ccccc1C1CCC1)c1cccnc1C. The number of aromatic nitrogens is 1. The number of nitrogens with one attached hydrogen (secondary N) is 1. The quantitative estimate of drug-likeness (QED) is 0.880. The molecule has 110 valence electrons. The van der Waals surface area contributed by atoms with Crippen molar-refractivity contribution < 1.29 is 0 Å². The first-order valence-electron chi connectivity index (χ1n) is 8.05. The third-order valence-corrected chi connectivity index (χ3v) is 4.62. The first-order valence-corrected chi connectivity index (χ1v) is 8.05. The van der Waals surface area contributed by atoms with Gasteiger partial charge in [-0.3, -0.25) is 4.98 Å². The van der Waals surface area contributed by atoms with Crippen LogP contribution in [0, 0.1) is 6.92 Å². The van der Waals surface area contributed by atoms with Gasteiger partial charge in [0.15, 0.2) is 0 Å². The fraction of sp³-hybridized carbons (Fsp3) is 0.421. The largest absolute Gasteiger partial charge is 0.306 e. The first-order chi connectivity index (χ1) is 10.3. The van der Waals surface area contributed by atoms with Crippen molar-refractivity contribution in [1.82, 2.24) is 10.3 Å². The molecule has 2 heteroatoms. The average Bonchev–Trinajstić information content (AvgIpc) is 2.45. The highest BCUT2D eigenvalue weighted by Gasteiger charge is 2.26. The van der Waals surface area contributed by atoms with E-state index < -0.39 is 0 Å². The van der Waals surface area contributed by atoms with Crippen molar-refractivity contribution >= 4 is 0 Å². The third kappa shape index (κ3) is 2.86. The van der Waals surface area contributed by atoms with E-state index in [1.54, 1.807) is 0 Å². The maximum Gasteiger partial charge on any atom is 0.0597 e. The monoisotopic (exact) mass is 280 g/mol. The van der Waals surface area contributed by atoms with Gasteiger partial charge in [0.1, 0.15) is 0 Å². The van der Waals surface area contributed by atoms with Gasteiger partial charge in [0, 0.05) is 11.9 Å². The number of pyridine rings is 1. The van der Waals surface area contributed by atoms with Gasteiger partial charge in [-0.25, -0.2) is 0 Å². The summed E-state index contributed by atoms with van der Waals surface area (Å²) in [6.07, 6.45) is 5.92. The summed E-state index contributed by atoms with van der Waals surface area (Å²) in [4.78, 5) is 4.48. The van der Waals surface area contributed by atoms with E-state index >= 15 is 0 Å². The summed E-state index contributed by atoms with van der Waals surface area (Å²) in [5.41, 5.74) is 5.37. The minimum Gasteiger partial charge on any atom is -0.306 e. The van der Waals surface area contributed by atoms with Crippen LogP contribution in [-0.4, -0.2) is 11.5 Å². The molecular formula is C19H24N2. The summed E-state index contributed by atoms with van der Waals surface area (Å²) in [5.74, 6) is 0.749. The smallest absolute Gasteiger partial charge is 0.0597 e. The second kappa shape index (κ2) is 6.40. The fourth-order valence-electron chi connectivity index (χ4n) is 3.26. The van der Waals surface area contributed by atoms with Crippen molar-refractivity contribution in [2.45, 2.75) is 45.1 Å². The molecule has 3 rings (SSSR count). The maximum absolute atomic E-state index is 4.48. The molecule has 1 atom stereocenters. The van der Waals surface area contributed by atoms with Crippen LogP contribution in [0.15, 0.2) is 42.6 Å². The van der Waals surface area contributed by atoms with Gasteiger partial charge in [-0.1, -0.05) is 43.7 Å². The van der Waals surface area contributed by atoms with Crippen molar-refractivity contribution in [1.29, 1.82) is 0 Å². The van der Waals surface area contributed by atoms with E-state index in [1.807, 2.05) is 12.3 Å². The van der Waals surface area contributed by atoms with E-state index in [9.17, 15) is 0 Å². The molecule has 1 heterocycles. The van der Waals surface area contributed by atoms with Crippen LogP contribution in [0.3, 0.4) is 0 Å². The van der Waals surface area contributed by atoms with E-state index in [-0.39, 0.29) is 6.04 Å². The number of hydrogen-bond donors (Lipinski definition) is 1. The van der Waals surface area contributed by atoms with Gasteiger partial charge >= 0.3 is 0 Å². The van der Waals surface area contributed by atoms with Crippen LogP contribution in [0.25, 0.3) is 0 Å². The Morgan fingerprint density at radius 1 is 1.14 bits per heavy atom. The van der Waals surface area contributed by atoms with Gasteiger partial charge in [-0.2, -0.15) is 0 Å². The predicted octanol–water partition coefficient (Wildman–Crippen LogP) is 4.36. The molecule has 1 aromatic heterocycles. The van der Waals surface area contributed by atoms with Crippen LogP contribution < -0.4 is 5.32 Å². The van der Waals surface area contributed by atoms with Crippen LogP contribution in [0.5, 0.6) is 0 Å². The molecule has 2 nitrogen and oxygen atoms in total. The molecule has 0 saturated heterocycles. The summed E-state index contributed by atoms with van der Waals surface area (Å²) in [7, 11) is 0. The molecule has 0 spiro atoms. The van der Waals surface area contributed by atoms with E-state index in [0.29, 0.717) is 0 Å². The molecule has 1 fully saturated rings. The molecule has 0 bridgehead atoms. The van der Waals surface area contributed by atoms with Crippen LogP contribution in [0.1, 0.15) is 60.5 Å². The van der Waals surface area contributed by atoms with Crippen LogP contribution in [0.2, 0.25) is 0 Å². The standard InChI is InChI=1S/C19H24N2/c1-3-20-19(16-12-7-13-21-14(16)2)18-11-5-4-10-17(18)15-8-6-9-15/h4-5,7,10-13,15,19-20H,3,6,8-9H2,1-2H3. The lowest BCUT2D eigenvalue weighted by molar-refractivity contribution is 0.414. The molecule has 1 aliphatic rings. The van der Waals surface area contributed by atoms with Gasteiger partial charge in [-0.05, 0) is 55.0 Å². The lowest BCUT2D eigenvalue weighted by Gasteiger charge is -2.31. The molecular weight excluding hydrogens is 256 g/mol. The number of hydrogen-bond acceptors (Lipinski definition) is 2. The van der Waals surface area contributed by atoms with Crippen LogP contribution in [0.4, 0.5) is 0 Å². The number of nitrogens with zero attached hydrogens (tertiary/aromatic N) is 1. The number of aryl methyl sites for hydroxylation is 1. The molecule has 21 heavy (non-hydrogen) atoms. The maximum atomic E-state index is 4.48. The zero-order chi connectivity index (χ0) is 14.7. The summed E-state index contributed by atoms with van der Waals surface area (Å²) in [6, 6.07) is 13.4. The Morgan fingerprint density at radius 2 is 1.90 bits per heavy atom. The lowest BCUT2D eigenvalue weighted by Crippen LogP contribution is -2.25. The Labute approximate surface area is 127 Å². The Hall–Kier alpha value is -1.67. The van der Waals surface area contributed by atoms with E-state index in [2.05, 4.69) is 54.5 Å². The highest BCUT2D eigenvalue weighted by atomic mass is 14.9. The molecule has 1 N–H and O–H groups in total. The predicted molar refractivity (Wildman–Crippen MR) is 87.5 cm³/mol. The molecule has 1 unspecified atom stereocenters. The molecule has 0 amide bonds. The fourth-order valence-corrected chi connectivity index (χ4v) is 3.26. The van der Waals surface area contributed by atoms with Gasteiger partial charge in [0.05, 0.1) is 6.04 Å². The zero-order valence-electron chi connectivity index (χ0n) is 13.0. The van der Waals surface area contributed by atoms with Crippen molar-refractivity contribution in [3.63, 3.8) is 0 Å². The second-order valence-corrected chi connectivity index (χ2v) is 5.93. The van der Waals surface area contributed by atoms with Crippen LogP contribution >= 0.6 is 0 Å². The van der Waals surface area contributed by atoms with E-state index in [1.165, 1.54) is 36.0 Å². The average molecular weight is 280 g/mol. The van der Waals surface area contributed by atoms with Gasteiger partial charge in [-0.15, -0.1) is 0 Å². The molecule has 0 radical (unpaired) electrons. The van der Waals surface area contributed by atoms with E-state index in [0.717, 1.165) is 18.2 Å². The molecule has 2 aromatic rings. The highest BCUT2D eigenvalue weighted by Crippen LogP contribution is 2.40. The minimum atomic E-state index is 0.250. The van der Waals surface area contributed by atoms with Gasteiger partial charge in [0.2, 0.25) is 0 Å². The second-order valence-electron chi connectivity index (χ2n) is 5.93. The Kier molecular flexibility index (Phi) is 4.35. The zero-order valence-corrected chi connectivity index (χ0v) is 13.0. The summed E-state index contributed by atoms with van der Waals surface area (Å²) in [5, 5.41) is 3.66. The van der Waals surface area contributed by atoms with Crippen molar-refractivity contribution in [3.8, 4) is 0 Å². The molecule has 1 saturated carbocycles. The van der Waals surface area contributed by atoms with E-state index in [4.69, 9.17) is 0 Å². The van der Waals surface area contributed by atoms with Gasteiger partial charge < -0.3 is 5.32 Å². The Bertz CT molecular complexity index is 602. The Morgan fingerprint density at radius 3 is 2.57 bits per heavy atom. The lowest BCUT2D eigenvalue weighted by atomic mass is 9.76. The van der Waals surface area contributed by atoms with Crippen molar-refractivity contribution in [2.24, 2.45) is 0 Å². The third-order valence-electron chi connectivity index (χ3n) is 4.62. The molecule has 1 aliphatic carbocycles. The Balaban J connectivity index is 2.03.